The van der Waals surface area contributed by atoms with E-state index in [1.807, 2.05) is 44.2 Å². The van der Waals surface area contributed by atoms with Crippen molar-refractivity contribution < 1.29 is 14.4 Å². The number of allylic oxidation sites excluding steroid dienone is 1. The van der Waals surface area contributed by atoms with Crippen LogP contribution in [0.15, 0.2) is 35.9 Å². The molecule has 1 fully saturated rings. The van der Waals surface area contributed by atoms with Crippen molar-refractivity contribution in [2.24, 2.45) is 5.73 Å². The van der Waals surface area contributed by atoms with Gasteiger partial charge in [0.15, 0.2) is 5.78 Å². The van der Waals surface area contributed by atoms with Gasteiger partial charge in [-0.15, -0.1) is 0 Å². The van der Waals surface area contributed by atoms with E-state index in [9.17, 15) is 14.4 Å². The minimum atomic E-state index is -0.563. The number of nitrogens with zero attached hydrogens (tertiary/aromatic N) is 1. The minimum Gasteiger partial charge on any atom is -0.352 e. The Morgan fingerprint density at radius 1 is 1.22 bits per heavy atom. The van der Waals surface area contributed by atoms with Gasteiger partial charge in [0.1, 0.15) is 6.04 Å². The molecule has 1 aromatic rings. The Morgan fingerprint density at radius 2 is 1.93 bits per heavy atom. The highest BCUT2D eigenvalue weighted by Gasteiger charge is 2.39. The second-order valence-electron chi connectivity index (χ2n) is 7.64. The number of carbonyl (C=O) groups excluding carboxylic acids is 3. The van der Waals surface area contributed by atoms with E-state index in [2.05, 4.69) is 5.32 Å². The maximum absolute atomic E-state index is 13.0. The monoisotopic (exact) mass is 369 g/mol. The van der Waals surface area contributed by atoms with Crippen LogP contribution in [0.4, 0.5) is 0 Å². The number of likely N-dealkylation sites (tertiary alicyclic amines) is 1. The highest BCUT2D eigenvalue weighted by molar-refractivity contribution is 6.10. The standard InChI is InChI=1S/C21H27N3O3/c1-13(2)23-21(27)18-10-15(22)12-24(18)20(26)11-17-16(8-9-19(17)25)14-6-4-3-5-7-14/h3-7,13,15,18H,8-12,22H2,1-2H3,(H,23,27)/t15-,18+/m1/s1. The molecule has 144 valence electrons. The first kappa shape index (κ1) is 19.3. The van der Waals surface area contributed by atoms with E-state index in [1.165, 1.54) is 0 Å². The molecule has 0 radical (unpaired) electrons. The first-order chi connectivity index (χ1) is 12.9. The van der Waals surface area contributed by atoms with Crippen molar-refractivity contribution in [2.75, 3.05) is 6.54 Å². The van der Waals surface area contributed by atoms with E-state index >= 15 is 0 Å². The lowest BCUT2D eigenvalue weighted by molar-refractivity contribution is -0.138. The van der Waals surface area contributed by atoms with Crippen LogP contribution in [0.25, 0.3) is 5.57 Å². The molecule has 2 aliphatic rings. The van der Waals surface area contributed by atoms with Gasteiger partial charge in [-0.05, 0) is 37.8 Å². The van der Waals surface area contributed by atoms with Gasteiger partial charge in [0.25, 0.3) is 0 Å². The van der Waals surface area contributed by atoms with Crippen molar-refractivity contribution in [2.45, 2.75) is 57.7 Å². The van der Waals surface area contributed by atoms with Crippen molar-refractivity contribution in [3.63, 3.8) is 0 Å². The fourth-order valence-corrected chi connectivity index (χ4v) is 3.90. The van der Waals surface area contributed by atoms with Gasteiger partial charge in [-0.3, -0.25) is 14.4 Å². The second kappa shape index (κ2) is 8.05. The zero-order chi connectivity index (χ0) is 19.6. The third-order valence-corrected chi connectivity index (χ3v) is 5.14. The van der Waals surface area contributed by atoms with Gasteiger partial charge in [0.2, 0.25) is 11.8 Å². The number of nitrogens with one attached hydrogen (secondary N) is 1. The van der Waals surface area contributed by atoms with Crippen molar-refractivity contribution in [1.29, 1.82) is 0 Å². The van der Waals surface area contributed by atoms with E-state index in [0.717, 1.165) is 11.1 Å². The molecule has 3 N–H and O–H groups in total. The Kier molecular flexibility index (Phi) is 5.75. The summed E-state index contributed by atoms with van der Waals surface area (Å²) in [5.74, 6) is -0.360. The highest BCUT2D eigenvalue weighted by atomic mass is 16.2. The molecule has 1 heterocycles. The summed E-state index contributed by atoms with van der Waals surface area (Å²) in [7, 11) is 0. The van der Waals surface area contributed by atoms with E-state index in [-0.39, 0.29) is 36.1 Å². The lowest BCUT2D eigenvalue weighted by Gasteiger charge is -2.25. The smallest absolute Gasteiger partial charge is 0.243 e. The highest BCUT2D eigenvalue weighted by Crippen LogP contribution is 2.34. The largest absolute Gasteiger partial charge is 0.352 e. The molecule has 0 aromatic heterocycles. The van der Waals surface area contributed by atoms with Crippen LogP contribution in [0.2, 0.25) is 0 Å². The minimum absolute atomic E-state index is 0.00456. The maximum atomic E-state index is 13.0. The number of ketones is 1. The molecule has 0 saturated carbocycles. The Labute approximate surface area is 159 Å². The lowest BCUT2D eigenvalue weighted by Crippen LogP contribution is -2.47. The molecule has 1 aliphatic carbocycles. The van der Waals surface area contributed by atoms with Gasteiger partial charge >= 0.3 is 0 Å². The number of Topliss-reactive ketones (excluding diaryl/α,β-unsaturated/α-hetero) is 1. The molecule has 0 unspecified atom stereocenters. The van der Waals surface area contributed by atoms with Crippen LogP contribution in [-0.4, -0.2) is 47.2 Å². The molecule has 1 aromatic carbocycles. The number of rotatable bonds is 5. The van der Waals surface area contributed by atoms with Gasteiger partial charge in [0, 0.05) is 30.6 Å². The summed E-state index contributed by atoms with van der Waals surface area (Å²) < 4.78 is 0. The second-order valence-corrected chi connectivity index (χ2v) is 7.64. The molecular formula is C21H27N3O3. The van der Waals surface area contributed by atoms with Crippen LogP contribution < -0.4 is 11.1 Å². The number of hydrogen-bond donors (Lipinski definition) is 2. The van der Waals surface area contributed by atoms with Crippen molar-refractivity contribution in [1.82, 2.24) is 10.2 Å². The predicted octanol–water partition coefficient (Wildman–Crippen LogP) is 1.65. The van der Waals surface area contributed by atoms with Crippen molar-refractivity contribution in [3.05, 3.63) is 41.5 Å². The molecule has 0 spiro atoms. The number of hydrogen-bond acceptors (Lipinski definition) is 4. The summed E-state index contributed by atoms with van der Waals surface area (Å²) in [6.45, 7) is 4.11. The van der Waals surface area contributed by atoms with E-state index < -0.39 is 6.04 Å². The quantitative estimate of drug-likeness (QED) is 0.825. The molecule has 0 bridgehead atoms. The normalized spacial score (nSPS) is 22.7. The number of amides is 2. The van der Waals surface area contributed by atoms with Gasteiger partial charge < -0.3 is 16.0 Å². The topological polar surface area (TPSA) is 92.5 Å². The summed E-state index contributed by atoms with van der Waals surface area (Å²) in [6, 6.07) is 8.91. The first-order valence-electron chi connectivity index (χ1n) is 9.53. The zero-order valence-electron chi connectivity index (χ0n) is 15.9. The van der Waals surface area contributed by atoms with Crippen LogP contribution in [0, 0.1) is 0 Å². The Bertz CT molecular complexity index is 770. The fourth-order valence-electron chi connectivity index (χ4n) is 3.90. The predicted molar refractivity (Wildman–Crippen MR) is 104 cm³/mol. The maximum Gasteiger partial charge on any atom is 0.243 e. The lowest BCUT2D eigenvalue weighted by atomic mass is 9.99. The Hall–Kier alpha value is -2.47. The van der Waals surface area contributed by atoms with Gasteiger partial charge in [0.05, 0.1) is 6.42 Å². The third kappa shape index (κ3) is 4.27. The Balaban J connectivity index is 1.80. The molecule has 6 nitrogen and oxygen atoms in total. The number of nitrogens with two attached hydrogens (primary N) is 1. The zero-order valence-corrected chi connectivity index (χ0v) is 15.9. The molecule has 1 aliphatic heterocycles. The first-order valence-corrected chi connectivity index (χ1v) is 9.53. The van der Waals surface area contributed by atoms with Crippen molar-refractivity contribution >= 4 is 23.2 Å². The fraction of sp³-hybridized carbons (Fsp3) is 0.476. The van der Waals surface area contributed by atoms with Crippen LogP contribution in [0.5, 0.6) is 0 Å². The van der Waals surface area contributed by atoms with Crippen molar-refractivity contribution in [3.8, 4) is 0 Å². The molecular weight excluding hydrogens is 342 g/mol. The van der Waals surface area contributed by atoms with Crippen LogP contribution in [0.3, 0.4) is 0 Å². The Morgan fingerprint density at radius 3 is 2.59 bits per heavy atom. The third-order valence-electron chi connectivity index (χ3n) is 5.14. The van der Waals surface area contributed by atoms with Gasteiger partial charge in [-0.1, -0.05) is 30.3 Å². The molecule has 27 heavy (non-hydrogen) atoms. The molecule has 6 heteroatoms. The van der Waals surface area contributed by atoms with E-state index in [1.54, 1.807) is 4.90 Å². The van der Waals surface area contributed by atoms with E-state index in [4.69, 9.17) is 5.73 Å². The average Bonchev–Trinajstić information content (AvgIpc) is 3.19. The summed E-state index contributed by atoms with van der Waals surface area (Å²) in [5, 5.41) is 2.86. The molecule has 2 atom stereocenters. The van der Waals surface area contributed by atoms with Gasteiger partial charge in [-0.2, -0.15) is 0 Å². The summed E-state index contributed by atoms with van der Waals surface area (Å²) in [5.41, 5.74) is 8.53. The van der Waals surface area contributed by atoms with E-state index in [0.29, 0.717) is 31.4 Å². The van der Waals surface area contributed by atoms with Crippen LogP contribution in [0.1, 0.15) is 45.1 Å². The molecule has 1 saturated heterocycles. The number of carbonyl (C=O) groups is 3. The average molecular weight is 369 g/mol. The summed E-state index contributed by atoms with van der Waals surface area (Å²) >= 11 is 0. The summed E-state index contributed by atoms with van der Waals surface area (Å²) in [6.07, 6.45) is 1.57. The van der Waals surface area contributed by atoms with Crippen LogP contribution in [-0.2, 0) is 14.4 Å². The number of benzene rings is 1. The molecule has 2 amide bonds. The van der Waals surface area contributed by atoms with Gasteiger partial charge in [-0.25, -0.2) is 0 Å². The van der Waals surface area contributed by atoms with Crippen LogP contribution >= 0.6 is 0 Å². The molecule has 3 rings (SSSR count). The summed E-state index contributed by atoms with van der Waals surface area (Å²) in [4.78, 5) is 39.4. The SMILES string of the molecule is CC(C)NC(=O)[C@@H]1C[C@@H](N)CN1C(=O)CC1=C(c2ccccc2)CCC1=O.